The lowest BCUT2D eigenvalue weighted by Crippen LogP contribution is -2.02. The first kappa shape index (κ1) is 15.7. The van der Waals surface area contributed by atoms with E-state index in [-0.39, 0.29) is 6.42 Å². The molecular formula is C15H14ClNO3S. The molecule has 0 unspecified atom stereocenters. The van der Waals surface area contributed by atoms with E-state index in [1.807, 2.05) is 6.07 Å². The van der Waals surface area contributed by atoms with Gasteiger partial charge in [0.2, 0.25) is 0 Å². The van der Waals surface area contributed by atoms with Gasteiger partial charge < -0.3 is 9.84 Å². The smallest absolute Gasteiger partial charge is 0.307 e. The van der Waals surface area contributed by atoms with Gasteiger partial charge in [-0.3, -0.25) is 4.79 Å². The molecule has 110 valence electrons. The lowest BCUT2D eigenvalue weighted by atomic mass is 10.1. The Kier molecular flexibility index (Phi) is 5.90. The Balaban J connectivity index is 1.73. The summed E-state index contributed by atoms with van der Waals surface area (Å²) in [6.45, 7) is 0.549. The average molecular weight is 324 g/mol. The summed E-state index contributed by atoms with van der Waals surface area (Å²) < 4.78 is 5.59. The molecule has 2 rings (SSSR count). The van der Waals surface area contributed by atoms with E-state index < -0.39 is 5.97 Å². The molecule has 4 nitrogen and oxygen atoms in total. The number of carboxylic acid groups (broad SMARTS) is 1. The highest BCUT2D eigenvalue weighted by molar-refractivity contribution is 7.99. The molecule has 1 aromatic carbocycles. The fourth-order valence-electron chi connectivity index (χ4n) is 1.63. The van der Waals surface area contributed by atoms with Crippen LogP contribution in [0.4, 0.5) is 0 Å². The van der Waals surface area contributed by atoms with E-state index >= 15 is 0 Å². The Bertz CT molecular complexity index is 587. The molecule has 0 radical (unpaired) electrons. The van der Waals surface area contributed by atoms with Gasteiger partial charge in [0, 0.05) is 11.9 Å². The first-order valence-corrected chi connectivity index (χ1v) is 7.68. The minimum atomic E-state index is -0.837. The summed E-state index contributed by atoms with van der Waals surface area (Å²) in [5.74, 6) is 0.662. The molecule has 0 aliphatic heterocycles. The molecule has 0 amide bonds. The summed E-state index contributed by atoms with van der Waals surface area (Å²) in [6.07, 6.45) is 1.64. The van der Waals surface area contributed by atoms with Gasteiger partial charge in [0.05, 0.1) is 23.1 Å². The fourth-order valence-corrected chi connectivity index (χ4v) is 2.41. The fraction of sp³-hybridized carbons (Fsp3) is 0.200. The number of ether oxygens (including phenoxy) is 1. The number of carboxylic acids is 1. The van der Waals surface area contributed by atoms with Gasteiger partial charge in [0.15, 0.2) is 0 Å². The summed E-state index contributed by atoms with van der Waals surface area (Å²) >= 11 is 7.35. The minimum absolute atomic E-state index is 0.0262. The van der Waals surface area contributed by atoms with Crippen molar-refractivity contribution in [3.05, 3.63) is 53.2 Å². The molecule has 0 atom stereocenters. The summed E-state index contributed by atoms with van der Waals surface area (Å²) in [4.78, 5) is 14.8. The van der Waals surface area contributed by atoms with Gasteiger partial charge in [-0.25, -0.2) is 4.98 Å². The van der Waals surface area contributed by atoms with Gasteiger partial charge in [-0.2, -0.15) is 0 Å². The minimum Gasteiger partial charge on any atom is -0.493 e. The van der Waals surface area contributed by atoms with Crippen LogP contribution in [0.2, 0.25) is 5.02 Å². The maximum Gasteiger partial charge on any atom is 0.307 e. The van der Waals surface area contributed by atoms with Crippen LogP contribution >= 0.6 is 23.4 Å². The van der Waals surface area contributed by atoms with Crippen LogP contribution in [-0.4, -0.2) is 28.4 Å². The van der Waals surface area contributed by atoms with Crippen molar-refractivity contribution in [1.82, 2.24) is 4.98 Å². The number of benzene rings is 1. The second-order valence-corrected chi connectivity index (χ2v) is 5.78. The zero-order valence-electron chi connectivity index (χ0n) is 11.2. The first-order chi connectivity index (χ1) is 10.1. The molecule has 0 fully saturated rings. The van der Waals surface area contributed by atoms with Gasteiger partial charge >= 0.3 is 5.97 Å². The first-order valence-electron chi connectivity index (χ1n) is 6.31. The van der Waals surface area contributed by atoms with Gasteiger partial charge in [0.25, 0.3) is 0 Å². The van der Waals surface area contributed by atoms with Crippen molar-refractivity contribution in [3.8, 4) is 5.75 Å². The zero-order chi connectivity index (χ0) is 15.1. The highest BCUT2D eigenvalue weighted by Gasteiger charge is 2.01. The molecule has 0 bridgehead atoms. The summed E-state index contributed by atoms with van der Waals surface area (Å²) in [5, 5.41) is 10.2. The van der Waals surface area contributed by atoms with Crippen molar-refractivity contribution in [1.29, 1.82) is 0 Å². The van der Waals surface area contributed by atoms with E-state index in [2.05, 4.69) is 4.98 Å². The topological polar surface area (TPSA) is 59.4 Å². The Labute approximate surface area is 132 Å². The molecule has 0 aliphatic rings. The third-order valence-electron chi connectivity index (χ3n) is 2.58. The summed E-state index contributed by atoms with van der Waals surface area (Å²) in [7, 11) is 0. The Hall–Kier alpha value is -1.72. The van der Waals surface area contributed by atoms with E-state index in [0.717, 1.165) is 22.1 Å². The van der Waals surface area contributed by atoms with E-state index in [0.29, 0.717) is 11.6 Å². The van der Waals surface area contributed by atoms with Crippen molar-refractivity contribution in [2.24, 2.45) is 0 Å². The number of rotatable bonds is 7. The highest BCUT2D eigenvalue weighted by atomic mass is 35.5. The Morgan fingerprint density at radius 3 is 2.62 bits per heavy atom. The predicted molar refractivity (Wildman–Crippen MR) is 83.2 cm³/mol. The van der Waals surface area contributed by atoms with E-state index in [1.165, 1.54) is 0 Å². The van der Waals surface area contributed by atoms with E-state index in [9.17, 15) is 4.79 Å². The van der Waals surface area contributed by atoms with Crippen LogP contribution in [0.25, 0.3) is 0 Å². The molecule has 0 saturated heterocycles. The van der Waals surface area contributed by atoms with Crippen LogP contribution in [0.15, 0.2) is 47.6 Å². The van der Waals surface area contributed by atoms with Crippen molar-refractivity contribution in [3.63, 3.8) is 0 Å². The maximum absolute atomic E-state index is 10.6. The molecule has 0 spiro atoms. The number of nitrogens with zero attached hydrogens (tertiary/aromatic N) is 1. The molecule has 6 heteroatoms. The molecule has 0 saturated carbocycles. The lowest BCUT2D eigenvalue weighted by molar-refractivity contribution is -0.136. The van der Waals surface area contributed by atoms with Crippen LogP contribution in [0, 0.1) is 0 Å². The Morgan fingerprint density at radius 2 is 2.00 bits per heavy atom. The third kappa shape index (κ3) is 5.65. The quantitative estimate of drug-likeness (QED) is 0.624. The summed E-state index contributed by atoms with van der Waals surface area (Å²) in [5.41, 5.74) is 0.759. The van der Waals surface area contributed by atoms with Crippen LogP contribution in [-0.2, 0) is 11.2 Å². The van der Waals surface area contributed by atoms with E-state index in [1.54, 1.807) is 48.3 Å². The number of hydrogen-bond acceptors (Lipinski definition) is 4. The number of hydrogen-bond donors (Lipinski definition) is 1. The highest BCUT2D eigenvalue weighted by Crippen LogP contribution is 2.18. The third-order valence-corrected chi connectivity index (χ3v) is 3.71. The number of halogens is 1. The monoisotopic (exact) mass is 323 g/mol. The van der Waals surface area contributed by atoms with Gasteiger partial charge in [0.1, 0.15) is 5.75 Å². The predicted octanol–water partition coefficient (Wildman–Crippen LogP) is 3.53. The average Bonchev–Trinajstić information content (AvgIpc) is 2.46. The number of aliphatic carboxylic acids is 1. The summed E-state index contributed by atoms with van der Waals surface area (Å²) in [6, 6.07) is 10.8. The normalized spacial score (nSPS) is 10.3. The van der Waals surface area contributed by atoms with Crippen molar-refractivity contribution < 1.29 is 14.6 Å². The maximum atomic E-state index is 10.6. The molecular weight excluding hydrogens is 310 g/mol. The standard InChI is InChI=1S/C15H14ClNO3S/c16-12-3-6-14(17-10-12)21-8-7-20-13-4-1-11(2-5-13)9-15(18)19/h1-6,10H,7-9H2,(H,18,19). The number of pyridine rings is 1. The number of aromatic nitrogens is 1. The lowest BCUT2D eigenvalue weighted by Gasteiger charge is -2.06. The van der Waals surface area contributed by atoms with Crippen molar-refractivity contribution >= 4 is 29.3 Å². The van der Waals surface area contributed by atoms with Gasteiger partial charge in [-0.1, -0.05) is 23.7 Å². The molecule has 21 heavy (non-hydrogen) atoms. The molecule has 1 aromatic heterocycles. The van der Waals surface area contributed by atoms with E-state index in [4.69, 9.17) is 21.4 Å². The second-order valence-electron chi connectivity index (χ2n) is 4.23. The SMILES string of the molecule is O=C(O)Cc1ccc(OCCSc2ccc(Cl)cn2)cc1. The van der Waals surface area contributed by atoms with Crippen LogP contribution in [0.5, 0.6) is 5.75 Å². The largest absolute Gasteiger partial charge is 0.493 e. The van der Waals surface area contributed by atoms with Crippen molar-refractivity contribution in [2.75, 3.05) is 12.4 Å². The van der Waals surface area contributed by atoms with Crippen LogP contribution in [0.3, 0.4) is 0 Å². The number of thioether (sulfide) groups is 1. The molecule has 1 N–H and O–H groups in total. The van der Waals surface area contributed by atoms with Crippen LogP contribution in [0.1, 0.15) is 5.56 Å². The zero-order valence-corrected chi connectivity index (χ0v) is 12.7. The second kappa shape index (κ2) is 7.90. The van der Waals surface area contributed by atoms with Gasteiger partial charge in [-0.05, 0) is 29.8 Å². The Morgan fingerprint density at radius 1 is 1.24 bits per heavy atom. The molecule has 1 heterocycles. The van der Waals surface area contributed by atoms with Crippen LogP contribution < -0.4 is 4.74 Å². The molecule has 2 aromatic rings. The van der Waals surface area contributed by atoms with Gasteiger partial charge in [-0.15, -0.1) is 11.8 Å². The van der Waals surface area contributed by atoms with Crippen molar-refractivity contribution in [2.45, 2.75) is 11.4 Å². The molecule has 0 aliphatic carbocycles. The number of carbonyl (C=O) groups is 1.